The van der Waals surface area contributed by atoms with E-state index in [1.165, 1.54) is 0 Å². The zero-order valence-electron chi connectivity index (χ0n) is 12.9. The highest BCUT2D eigenvalue weighted by molar-refractivity contribution is 9.10. The second kappa shape index (κ2) is 7.99. The third kappa shape index (κ3) is 4.83. The van der Waals surface area contributed by atoms with Crippen molar-refractivity contribution < 1.29 is 9.59 Å². The molecule has 0 aliphatic carbocycles. The van der Waals surface area contributed by atoms with E-state index >= 15 is 0 Å². The van der Waals surface area contributed by atoms with Gasteiger partial charge in [-0.3, -0.25) is 4.79 Å². The van der Waals surface area contributed by atoms with Crippen LogP contribution in [-0.2, 0) is 10.3 Å². The van der Waals surface area contributed by atoms with Crippen molar-refractivity contribution in [3.8, 4) is 0 Å². The third-order valence-electron chi connectivity index (χ3n) is 4.02. The highest BCUT2D eigenvalue weighted by Crippen LogP contribution is 2.24. The van der Waals surface area contributed by atoms with Gasteiger partial charge in [0.2, 0.25) is 5.91 Å². The minimum absolute atomic E-state index is 0. The molecule has 0 saturated carbocycles. The summed E-state index contributed by atoms with van der Waals surface area (Å²) in [6.45, 7) is 2.85. The molecule has 23 heavy (non-hydrogen) atoms. The van der Waals surface area contributed by atoms with Gasteiger partial charge in [0.15, 0.2) is 0 Å². The van der Waals surface area contributed by atoms with Gasteiger partial charge in [0.05, 0.1) is 0 Å². The van der Waals surface area contributed by atoms with Crippen LogP contribution in [0, 0.1) is 0 Å². The Hall–Kier alpha value is -1.31. The van der Waals surface area contributed by atoms with Gasteiger partial charge in [-0.2, -0.15) is 0 Å². The normalized spacial score (nSPS) is 17.8. The zero-order valence-corrected chi connectivity index (χ0v) is 15.3. The number of amides is 3. The van der Waals surface area contributed by atoms with E-state index in [1.54, 1.807) is 11.8 Å². The standard InChI is InChI=1S/C15H21BrN4O2.ClH/c1-15(18,10-2-4-11(16)5-3-10)13(21)20-8-6-12(7-9-20)19-14(17)22;/h2-5,12H,6-9,18H2,1H3,(H3,17,19,22);1H. The smallest absolute Gasteiger partial charge is 0.312 e. The molecule has 8 heteroatoms. The maximum Gasteiger partial charge on any atom is 0.312 e. The lowest BCUT2D eigenvalue weighted by molar-refractivity contribution is -0.137. The SMILES string of the molecule is CC(N)(C(=O)N1CCC(NC(N)=O)CC1)c1ccc(Br)cc1.Cl. The molecule has 0 spiro atoms. The van der Waals surface area contributed by atoms with E-state index in [-0.39, 0.29) is 24.4 Å². The van der Waals surface area contributed by atoms with Crippen molar-refractivity contribution in [2.45, 2.75) is 31.3 Å². The van der Waals surface area contributed by atoms with Crippen LogP contribution in [0.25, 0.3) is 0 Å². The molecule has 0 aromatic heterocycles. The fourth-order valence-electron chi connectivity index (χ4n) is 2.68. The highest BCUT2D eigenvalue weighted by Gasteiger charge is 2.36. The lowest BCUT2D eigenvalue weighted by Gasteiger charge is -2.37. The number of rotatable bonds is 3. The molecular formula is C15H22BrClN4O2. The maximum absolute atomic E-state index is 12.7. The topological polar surface area (TPSA) is 101 Å². The molecule has 0 radical (unpaired) electrons. The van der Waals surface area contributed by atoms with E-state index in [2.05, 4.69) is 21.2 Å². The van der Waals surface area contributed by atoms with Gasteiger partial charge in [0.1, 0.15) is 5.54 Å². The Morgan fingerprint density at radius 2 is 1.78 bits per heavy atom. The number of benzene rings is 1. The number of primary amides is 1. The molecule has 2 rings (SSSR count). The Morgan fingerprint density at radius 3 is 2.26 bits per heavy atom. The summed E-state index contributed by atoms with van der Waals surface area (Å²) in [7, 11) is 0. The first-order valence-corrected chi connectivity index (χ1v) is 8.00. The van der Waals surface area contributed by atoms with Crippen molar-refractivity contribution in [1.29, 1.82) is 0 Å². The Bertz CT molecular complexity index is 557. The number of likely N-dealkylation sites (tertiary alicyclic amines) is 1. The first-order valence-electron chi connectivity index (χ1n) is 7.21. The number of carbonyl (C=O) groups is 2. The summed E-state index contributed by atoms with van der Waals surface area (Å²) in [6, 6.07) is 6.95. The van der Waals surface area contributed by atoms with Crippen LogP contribution in [0.3, 0.4) is 0 Å². The maximum atomic E-state index is 12.7. The molecule has 1 unspecified atom stereocenters. The van der Waals surface area contributed by atoms with E-state index < -0.39 is 11.6 Å². The summed E-state index contributed by atoms with van der Waals surface area (Å²) in [4.78, 5) is 25.3. The lowest BCUT2D eigenvalue weighted by Crippen LogP contribution is -2.55. The number of nitrogens with two attached hydrogens (primary N) is 2. The summed E-state index contributed by atoms with van der Waals surface area (Å²) in [6.07, 6.45) is 1.37. The predicted octanol–water partition coefficient (Wildman–Crippen LogP) is 1.70. The summed E-state index contributed by atoms with van der Waals surface area (Å²) < 4.78 is 0.942. The molecule has 1 heterocycles. The molecule has 3 amide bonds. The summed E-state index contributed by atoms with van der Waals surface area (Å²) in [5, 5.41) is 2.68. The van der Waals surface area contributed by atoms with E-state index in [1.807, 2.05) is 24.3 Å². The Labute approximate surface area is 150 Å². The number of urea groups is 1. The van der Waals surface area contributed by atoms with Crippen molar-refractivity contribution in [3.05, 3.63) is 34.3 Å². The minimum atomic E-state index is -1.06. The van der Waals surface area contributed by atoms with Crippen LogP contribution in [0.2, 0.25) is 0 Å². The molecule has 1 aliphatic rings. The van der Waals surface area contributed by atoms with E-state index in [0.717, 1.165) is 10.0 Å². The highest BCUT2D eigenvalue weighted by atomic mass is 79.9. The molecule has 1 saturated heterocycles. The van der Waals surface area contributed by atoms with Crippen LogP contribution in [-0.4, -0.2) is 36.0 Å². The van der Waals surface area contributed by atoms with Crippen LogP contribution in [0.4, 0.5) is 4.79 Å². The second-order valence-corrected chi connectivity index (χ2v) is 6.70. The molecule has 6 nitrogen and oxygen atoms in total. The number of nitrogens with zero attached hydrogens (tertiary/aromatic N) is 1. The number of piperidine rings is 1. The van der Waals surface area contributed by atoms with Gasteiger partial charge in [0, 0.05) is 23.6 Å². The molecule has 128 valence electrons. The predicted molar refractivity (Wildman–Crippen MR) is 95.3 cm³/mol. The van der Waals surface area contributed by atoms with E-state index in [4.69, 9.17) is 11.5 Å². The third-order valence-corrected chi connectivity index (χ3v) is 4.55. The molecule has 1 aromatic carbocycles. The number of hydrogen-bond acceptors (Lipinski definition) is 3. The van der Waals surface area contributed by atoms with Gasteiger partial charge < -0.3 is 21.7 Å². The molecule has 1 aromatic rings. The average Bonchev–Trinajstić information content (AvgIpc) is 2.47. The first-order chi connectivity index (χ1) is 10.3. The fourth-order valence-corrected chi connectivity index (χ4v) is 2.94. The molecule has 1 fully saturated rings. The Kier molecular flexibility index (Phi) is 6.85. The van der Waals surface area contributed by atoms with Gasteiger partial charge in [0.25, 0.3) is 0 Å². The largest absolute Gasteiger partial charge is 0.352 e. The van der Waals surface area contributed by atoms with E-state index in [0.29, 0.717) is 25.9 Å². The number of hydrogen-bond donors (Lipinski definition) is 3. The minimum Gasteiger partial charge on any atom is -0.352 e. The Morgan fingerprint density at radius 1 is 1.26 bits per heavy atom. The molecule has 0 bridgehead atoms. The van der Waals surface area contributed by atoms with Crippen LogP contribution in [0.1, 0.15) is 25.3 Å². The molecule has 1 atom stereocenters. The number of halogens is 2. The lowest BCUT2D eigenvalue weighted by atomic mass is 9.90. The van der Waals surface area contributed by atoms with Crippen LogP contribution >= 0.6 is 28.3 Å². The van der Waals surface area contributed by atoms with Crippen molar-refractivity contribution in [3.63, 3.8) is 0 Å². The second-order valence-electron chi connectivity index (χ2n) is 5.78. The van der Waals surface area contributed by atoms with Crippen LogP contribution in [0.5, 0.6) is 0 Å². The zero-order chi connectivity index (χ0) is 16.3. The van der Waals surface area contributed by atoms with E-state index in [9.17, 15) is 9.59 Å². The number of nitrogens with one attached hydrogen (secondary N) is 1. The summed E-state index contributed by atoms with van der Waals surface area (Å²) in [5.74, 6) is -0.104. The van der Waals surface area contributed by atoms with Crippen molar-refractivity contribution in [2.75, 3.05) is 13.1 Å². The first kappa shape index (κ1) is 19.7. The van der Waals surface area contributed by atoms with Gasteiger partial charge in [-0.15, -0.1) is 12.4 Å². The average molecular weight is 406 g/mol. The summed E-state index contributed by atoms with van der Waals surface area (Å²) >= 11 is 3.37. The number of carbonyl (C=O) groups excluding carboxylic acids is 2. The van der Waals surface area contributed by atoms with Crippen molar-refractivity contribution in [1.82, 2.24) is 10.2 Å². The monoisotopic (exact) mass is 404 g/mol. The van der Waals surface area contributed by atoms with Crippen molar-refractivity contribution in [2.24, 2.45) is 11.5 Å². The van der Waals surface area contributed by atoms with Gasteiger partial charge in [-0.25, -0.2) is 4.79 Å². The quantitative estimate of drug-likeness (QED) is 0.713. The van der Waals surface area contributed by atoms with Crippen LogP contribution in [0.15, 0.2) is 28.7 Å². The molecule has 5 N–H and O–H groups in total. The van der Waals surface area contributed by atoms with Gasteiger partial charge in [-0.1, -0.05) is 28.1 Å². The van der Waals surface area contributed by atoms with Crippen LogP contribution < -0.4 is 16.8 Å². The molecule has 1 aliphatic heterocycles. The van der Waals surface area contributed by atoms with Gasteiger partial charge in [-0.05, 0) is 37.5 Å². The summed E-state index contributed by atoms with van der Waals surface area (Å²) in [5.41, 5.74) is 11.1. The van der Waals surface area contributed by atoms with Crippen molar-refractivity contribution >= 4 is 40.3 Å². The molecular weight excluding hydrogens is 384 g/mol. The fraction of sp³-hybridized carbons (Fsp3) is 0.467. The van der Waals surface area contributed by atoms with Gasteiger partial charge >= 0.3 is 6.03 Å². The Balaban J connectivity index is 0.00000264.